The summed E-state index contributed by atoms with van der Waals surface area (Å²) >= 11 is 0. The van der Waals surface area contributed by atoms with Gasteiger partial charge in [0.05, 0.1) is 5.69 Å². The van der Waals surface area contributed by atoms with E-state index in [1.54, 1.807) is 0 Å². The number of fused-ring (bicyclic) bond motifs is 5. The first-order valence-corrected chi connectivity index (χ1v) is 27.8. The number of hydrogen-bond donors (Lipinski definition) is 0. The molecule has 3 aliphatic rings. The van der Waals surface area contributed by atoms with E-state index in [2.05, 4.69) is 284 Å². The monoisotopic (exact) mass is 983 g/mol. The summed E-state index contributed by atoms with van der Waals surface area (Å²) in [6.07, 6.45) is 2.30. The largest absolute Gasteiger partial charge is 0.311 e. The van der Waals surface area contributed by atoms with Gasteiger partial charge in [0.25, 0.3) is 6.71 Å². The molecule has 0 saturated carbocycles. The van der Waals surface area contributed by atoms with Crippen LogP contribution in [0.2, 0.25) is 0 Å². The van der Waals surface area contributed by atoms with Gasteiger partial charge in [0.1, 0.15) is 0 Å². The molecule has 0 saturated heterocycles. The highest BCUT2D eigenvalue weighted by Gasteiger charge is 2.47. The molecule has 0 unspecified atom stereocenters. The molecule has 75 heavy (non-hydrogen) atoms. The second kappa shape index (κ2) is 17.5. The summed E-state index contributed by atoms with van der Waals surface area (Å²) < 4.78 is 0. The lowest BCUT2D eigenvalue weighted by Crippen LogP contribution is -2.62. The van der Waals surface area contributed by atoms with E-state index in [0.29, 0.717) is 0 Å². The van der Waals surface area contributed by atoms with Crippen LogP contribution >= 0.6 is 0 Å². The van der Waals surface area contributed by atoms with Gasteiger partial charge in [-0.2, -0.15) is 0 Å². The van der Waals surface area contributed by atoms with E-state index in [4.69, 9.17) is 0 Å². The van der Waals surface area contributed by atoms with Crippen LogP contribution in [0, 0.1) is 6.92 Å². The fourth-order valence-electron chi connectivity index (χ4n) is 12.7. The third kappa shape index (κ3) is 8.67. The van der Waals surface area contributed by atoms with Crippen molar-refractivity contribution in [3.63, 3.8) is 0 Å². The Labute approximate surface area is 451 Å². The number of benzene rings is 8. The van der Waals surface area contributed by atoms with Gasteiger partial charge in [-0.15, -0.1) is 0 Å². The minimum absolute atomic E-state index is 0.0107. The molecule has 8 aromatic carbocycles. The third-order valence-corrected chi connectivity index (χ3v) is 17.8. The Bertz CT molecular complexity index is 3500. The van der Waals surface area contributed by atoms with Crippen molar-refractivity contribution < 1.29 is 0 Å². The first-order valence-electron chi connectivity index (χ1n) is 27.8. The Morgan fingerprint density at radius 1 is 0.387 bits per heavy atom. The number of rotatable bonds is 6. The molecule has 380 valence electrons. The number of hydrogen-bond acceptors (Lipinski definition) is 2. The van der Waals surface area contributed by atoms with Crippen LogP contribution in [0.15, 0.2) is 164 Å². The van der Waals surface area contributed by atoms with E-state index in [-0.39, 0.29) is 39.2 Å². The predicted molar refractivity (Wildman–Crippen MR) is 326 cm³/mol. The van der Waals surface area contributed by atoms with Gasteiger partial charge in [-0.1, -0.05) is 219 Å². The van der Waals surface area contributed by atoms with Gasteiger partial charge in [0, 0.05) is 39.4 Å². The Kier molecular flexibility index (Phi) is 11.8. The summed E-state index contributed by atoms with van der Waals surface area (Å²) in [6, 6.07) is 64.2. The lowest BCUT2D eigenvalue weighted by atomic mass is 9.33. The number of anilines is 6. The smallest absolute Gasteiger partial charge is 0.252 e. The zero-order valence-corrected chi connectivity index (χ0v) is 48.0. The second-order valence-corrected chi connectivity index (χ2v) is 27.5. The summed E-state index contributed by atoms with van der Waals surface area (Å²) in [5, 5.41) is 0. The molecule has 0 atom stereocenters. The van der Waals surface area contributed by atoms with Crippen molar-refractivity contribution in [1.29, 1.82) is 0 Å². The third-order valence-electron chi connectivity index (χ3n) is 17.8. The maximum atomic E-state index is 2.69. The SMILES string of the molecule is Cc1cc2c3c(c1)N(c1ccc(C(C)(C)C)cc1-c1ccc(-c4ccc(C(C)(C)C)cc4)cc1)c1cc4c(cc1B3c1cc(C(C)(C)c3ccccc3)ccc1N2c1ccc(C(C)(C)C)cc1)C(C)(C)CCC4(C)C. The number of nitrogens with zero attached hydrogens (tertiary/aromatic N) is 2. The highest BCUT2D eigenvalue weighted by Crippen LogP contribution is 2.52. The van der Waals surface area contributed by atoms with Crippen LogP contribution in [0.3, 0.4) is 0 Å². The lowest BCUT2D eigenvalue weighted by Gasteiger charge is -2.48. The maximum absolute atomic E-state index is 2.69. The molecule has 0 aromatic heterocycles. The zero-order valence-electron chi connectivity index (χ0n) is 48.0. The van der Waals surface area contributed by atoms with Crippen LogP contribution in [-0.4, -0.2) is 6.71 Å². The van der Waals surface area contributed by atoms with E-state index in [1.165, 1.54) is 117 Å². The molecule has 2 heterocycles. The van der Waals surface area contributed by atoms with Crippen molar-refractivity contribution in [2.75, 3.05) is 9.80 Å². The zero-order chi connectivity index (χ0) is 53.4. The van der Waals surface area contributed by atoms with E-state index in [1.807, 2.05) is 0 Å². The Balaban J connectivity index is 1.21. The Morgan fingerprint density at radius 3 is 1.43 bits per heavy atom. The van der Waals surface area contributed by atoms with E-state index in [9.17, 15) is 0 Å². The van der Waals surface area contributed by atoms with Gasteiger partial charge in [-0.25, -0.2) is 0 Å². The Morgan fingerprint density at radius 2 is 0.853 bits per heavy atom. The lowest BCUT2D eigenvalue weighted by molar-refractivity contribution is 0.332. The van der Waals surface area contributed by atoms with Crippen molar-refractivity contribution in [1.82, 2.24) is 0 Å². The van der Waals surface area contributed by atoms with Gasteiger partial charge in [-0.05, 0) is 173 Å². The van der Waals surface area contributed by atoms with Crippen molar-refractivity contribution in [3.8, 4) is 22.3 Å². The summed E-state index contributed by atoms with van der Waals surface area (Å²) in [5.41, 5.74) is 27.2. The van der Waals surface area contributed by atoms with Crippen molar-refractivity contribution >= 4 is 57.2 Å². The summed E-state index contributed by atoms with van der Waals surface area (Å²) in [5.74, 6) is 0. The molecular weight excluding hydrogens is 904 g/mol. The van der Waals surface area contributed by atoms with Crippen molar-refractivity contribution in [3.05, 3.63) is 208 Å². The van der Waals surface area contributed by atoms with E-state index >= 15 is 0 Å². The normalized spacial score (nSPS) is 15.8. The molecule has 0 N–H and O–H groups in total. The fourth-order valence-corrected chi connectivity index (χ4v) is 12.7. The van der Waals surface area contributed by atoms with Gasteiger partial charge in [-0.3, -0.25) is 0 Å². The molecule has 3 heteroatoms. The van der Waals surface area contributed by atoms with Crippen LogP contribution in [0.4, 0.5) is 34.1 Å². The van der Waals surface area contributed by atoms with E-state index in [0.717, 1.165) is 12.8 Å². The topological polar surface area (TPSA) is 6.48 Å². The minimum Gasteiger partial charge on any atom is -0.311 e. The second-order valence-electron chi connectivity index (χ2n) is 27.5. The molecule has 11 rings (SSSR count). The van der Waals surface area contributed by atoms with Crippen LogP contribution in [0.1, 0.15) is 161 Å². The van der Waals surface area contributed by atoms with Gasteiger partial charge in [0.15, 0.2) is 0 Å². The van der Waals surface area contributed by atoms with Crippen molar-refractivity contribution in [2.45, 2.75) is 156 Å². The molecule has 0 bridgehead atoms. The predicted octanol–water partition coefficient (Wildman–Crippen LogP) is 18.0. The number of aryl methyl sites for hydroxylation is 1. The molecule has 1 aliphatic carbocycles. The fraction of sp³-hybridized carbons (Fsp3) is 0.333. The minimum atomic E-state index is -0.230. The molecule has 0 amide bonds. The first-order chi connectivity index (χ1) is 35.2. The molecule has 0 radical (unpaired) electrons. The maximum Gasteiger partial charge on any atom is 0.252 e. The molecule has 0 spiro atoms. The molecule has 8 aromatic rings. The van der Waals surface area contributed by atoms with Crippen LogP contribution in [0.5, 0.6) is 0 Å². The van der Waals surface area contributed by atoms with Crippen LogP contribution in [0.25, 0.3) is 22.3 Å². The molecule has 2 aliphatic heterocycles. The highest BCUT2D eigenvalue weighted by atomic mass is 15.2. The molecular formula is C72H79BN2. The summed E-state index contributed by atoms with van der Waals surface area (Å²) in [7, 11) is 0. The quantitative estimate of drug-likeness (QED) is 0.153. The average Bonchev–Trinajstić information content (AvgIpc) is 3.36. The van der Waals surface area contributed by atoms with Gasteiger partial charge < -0.3 is 9.80 Å². The van der Waals surface area contributed by atoms with Crippen LogP contribution in [-0.2, 0) is 32.5 Å². The van der Waals surface area contributed by atoms with Crippen LogP contribution < -0.4 is 26.2 Å². The van der Waals surface area contributed by atoms with Gasteiger partial charge >= 0.3 is 0 Å². The Hall–Kier alpha value is -6.58. The van der Waals surface area contributed by atoms with Crippen molar-refractivity contribution in [2.24, 2.45) is 0 Å². The van der Waals surface area contributed by atoms with Gasteiger partial charge in [0.2, 0.25) is 0 Å². The molecule has 2 nitrogen and oxygen atoms in total. The van der Waals surface area contributed by atoms with E-state index < -0.39 is 0 Å². The standard InChI is InChI=1S/C72H79BN2/c1-46-40-64-66-65(41-46)75(61-36-32-53(69(8,9)10)42-56(61)49-24-22-47(23-25-49)48-26-28-50(29-27-48)67(2,3)4)63-45-58-57(70(11,12)38-39-71(58,13)14)44-60(63)73(66)59-43-54(72(15,16)52-20-18-17-19-21-52)33-37-62(59)74(64)55-34-30-51(31-35-55)68(5,6)7/h17-37,40-45H,38-39H2,1-16H3. The summed E-state index contributed by atoms with van der Waals surface area (Å²) in [6.45, 7) is 37.8. The summed E-state index contributed by atoms with van der Waals surface area (Å²) in [4.78, 5) is 5.29. The molecule has 0 fully saturated rings. The highest BCUT2D eigenvalue weighted by molar-refractivity contribution is 7.00. The average molecular weight is 983 g/mol. The first kappa shape index (κ1) is 50.6.